The van der Waals surface area contributed by atoms with Gasteiger partial charge in [-0.1, -0.05) is 0 Å². The molecule has 1 aliphatic heterocycles. The second-order valence-corrected chi connectivity index (χ2v) is 5.13. The van der Waals surface area contributed by atoms with E-state index in [-0.39, 0.29) is 28.9 Å². The highest BCUT2D eigenvalue weighted by molar-refractivity contribution is 5.97. The summed E-state index contributed by atoms with van der Waals surface area (Å²) in [6.07, 6.45) is 3.18. The van der Waals surface area contributed by atoms with Gasteiger partial charge in [-0.25, -0.2) is 0 Å². The highest BCUT2D eigenvalue weighted by Crippen LogP contribution is 2.35. The van der Waals surface area contributed by atoms with Crippen molar-refractivity contribution in [1.29, 1.82) is 0 Å². The molecule has 1 saturated heterocycles. The average Bonchev–Trinajstić information content (AvgIpc) is 3.16. The molecule has 0 saturated carbocycles. The Morgan fingerprint density at radius 3 is 2.86 bits per heavy atom. The van der Waals surface area contributed by atoms with Crippen molar-refractivity contribution >= 4 is 11.6 Å². The van der Waals surface area contributed by atoms with Crippen molar-refractivity contribution < 1.29 is 19.2 Å². The quantitative estimate of drug-likeness (QED) is 0.694. The molecule has 0 spiro atoms. The van der Waals surface area contributed by atoms with Gasteiger partial charge in [0.1, 0.15) is 11.5 Å². The van der Waals surface area contributed by atoms with Crippen molar-refractivity contribution in [2.75, 3.05) is 6.54 Å². The highest BCUT2D eigenvalue weighted by atomic mass is 16.6. The molecular formula is C15H14N2O5. The van der Waals surface area contributed by atoms with Gasteiger partial charge in [-0.05, 0) is 31.0 Å². The first-order valence-corrected chi connectivity index (χ1v) is 6.89. The lowest BCUT2D eigenvalue weighted by molar-refractivity contribution is -0.384. The van der Waals surface area contributed by atoms with Crippen LogP contribution in [-0.4, -0.2) is 27.4 Å². The maximum Gasteiger partial charge on any atom is 0.273 e. The lowest BCUT2D eigenvalue weighted by Gasteiger charge is -2.23. The number of non-ortho nitro benzene ring substituents is 1. The van der Waals surface area contributed by atoms with Gasteiger partial charge in [0.15, 0.2) is 0 Å². The van der Waals surface area contributed by atoms with Gasteiger partial charge in [0.25, 0.3) is 11.6 Å². The molecule has 0 radical (unpaired) electrons. The Hall–Kier alpha value is -2.83. The number of phenols is 1. The molecule has 2 heterocycles. The third-order valence-electron chi connectivity index (χ3n) is 3.81. The molecule has 3 rings (SSSR count). The molecule has 0 bridgehead atoms. The van der Waals surface area contributed by atoms with Crippen LogP contribution in [0.15, 0.2) is 41.0 Å². The molecule has 1 aromatic carbocycles. The number of likely N-dealkylation sites (tertiary alicyclic amines) is 1. The van der Waals surface area contributed by atoms with Gasteiger partial charge in [0.2, 0.25) is 0 Å². The average molecular weight is 302 g/mol. The molecule has 7 heteroatoms. The van der Waals surface area contributed by atoms with Gasteiger partial charge in [-0.15, -0.1) is 0 Å². The van der Waals surface area contributed by atoms with Crippen LogP contribution in [0.1, 0.15) is 35.0 Å². The number of carbonyl (C=O) groups is 1. The summed E-state index contributed by atoms with van der Waals surface area (Å²) in [5.74, 6) is -0.0390. The molecule has 1 atom stereocenters. The number of amides is 1. The topological polar surface area (TPSA) is 96.8 Å². The zero-order valence-corrected chi connectivity index (χ0v) is 11.6. The minimum absolute atomic E-state index is 0.0593. The lowest BCUT2D eigenvalue weighted by atomic mass is 10.1. The Balaban J connectivity index is 1.89. The number of carbonyl (C=O) groups excluding carboxylic acids is 1. The van der Waals surface area contributed by atoms with Gasteiger partial charge in [-0.3, -0.25) is 14.9 Å². The first-order valence-electron chi connectivity index (χ1n) is 6.89. The van der Waals surface area contributed by atoms with E-state index >= 15 is 0 Å². The van der Waals surface area contributed by atoms with E-state index in [9.17, 15) is 20.0 Å². The minimum atomic E-state index is -0.616. The Kier molecular flexibility index (Phi) is 3.54. The summed E-state index contributed by atoms with van der Waals surface area (Å²) in [5.41, 5.74) is -0.192. The molecule has 1 fully saturated rings. The van der Waals surface area contributed by atoms with Crippen LogP contribution in [0, 0.1) is 10.1 Å². The fourth-order valence-electron chi connectivity index (χ4n) is 2.76. The normalized spacial score (nSPS) is 17.6. The largest absolute Gasteiger partial charge is 0.507 e. The van der Waals surface area contributed by atoms with Crippen LogP contribution in [0.3, 0.4) is 0 Å². The number of benzene rings is 1. The summed E-state index contributed by atoms with van der Waals surface area (Å²) in [6.45, 7) is 0.556. The highest BCUT2D eigenvalue weighted by Gasteiger charge is 2.33. The number of hydrogen-bond acceptors (Lipinski definition) is 5. The standard InChI is InChI=1S/C15H14N2O5/c18-13-9-10(17(20)21)5-6-11(13)15(19)16-7-1-3-12(16)14-4-2-8-22-14/h2,4-6,8-9,12,18H,1,3,7H2/t12-/m0/s1. The van der Waals surface area contributed by atoms with E-state index in [0.29, 0.717) is 12.3 Å². The van der Waals surface area contributed by atoms with Crippen LogP contribution in [0.2, 0.25) is 0 Å². The molecule has 114 valence electrons. The van der Waals surface area contributed by atoms with Crippen molar-refractivity contribution in [2.45, 2.75) is 18.9 Å². The minimum Gasteiger partial charge on any atom is -0.507 e. The first-order chi connectivity index (χ1) is 10.6. The van der Waals surface area contributed by atoms with Crippen LogP contribution < -0.4 is 0 Å². The molecule has 22 heavy (non-hydrogen) atoms. The predicted octanol–water partition coefficient (Wildman–Crippen LogP) is 2.87. The van der Waals surface area contributed by atoms with Gasteiger partial charge >= 0.3 is 0 Å². The van der Waals surface area contributed by atoms with Gasteiger partial charge in [-0.2, -0.15) is 0 Å². The van der Waals surface area contributed by atoms with Crippen molar-refractivity contribution in [3.05, 3.63) is 58.0 Å². The second kappa shape index (κ2) is 5.51. The fourth-order valence-corrected chi connectivity index (χ4v) is 2.76. The van der Waals surface area contributed by atoms with Crippen molar-refractivity contribution in [1.82, 2.24) is 4.90 Å². The van der Waals surface area contributed by atoms with Gasteiger partial charge in [0.05, 0.1) is 28.9 Å². The van der Waals surface area contributed by atoms with Crippen LogP contribution in [0.4, 0.5) is 5.69 Å². The van der Waals surface area contributed by atoms with Crippen molar-refractivity contribution in [3.63, 3.8) is 0 Å². The molecule has 2 aromatic rings. The molecule has 0 unspecified atom stereocenters. The van der Waals surface area contributed by atoms with E-state index in [1.807, 2.05) is 6.07 Å². The third-order valence-corrected chi connectivity index (χ3v) is 3.81. The summed E-state index contributed by atoms with van der Waals surface area (Å²) in [6, 6.07) is 6.90. The number of aromatic hydroxyl groups is 1. The molecule has 7 nitrogen and oxygen atoms in total. The summed E-state index contributed by atoms with van der Waals surface area (Å²) in [4.78, 5) is 24.3. The molecule has 1 aromatic heterocycles. The second-order valence-electron chi connectivity index (χ2n) is 5.13. The summed E-state index contributed by atoms with van der Waals surface area (Å²) in [5, 5.41) is 20.6. The van der Waals surface area contributed by atoms with Crippen LogP contribution in [0.5, 0.6) is 5.75 Å². The number of hydrogen-bond donors (Lipinski definition) is 1. The number of rotatable bonds is 3. The molecule has 1 amide bonds. The number of phenolic OH excluding ortho intramolecular Hbond substituents is 1. The zero-order valence-electron chi connectivity index (χ0n) is 11.6. The van der Waals surface area contributed by atoms with Crippen LogP contribution in [0.25, 0.3) is 0 Å². The maximum absolute atomic E-state index is 12.6. The number of nitrogens with zero attached hydrogens (tertiary/aromatic N) is 2. The Morgan fingerprint density at radius 2 is 2.23 bits per heavy atom. The zero-order chi connectivity index (χ0) is 15.7. The molecule has 1 N–H and O–H groups in total. The predicted molar refractivity (Wildman–Crippen MR) is 76.5 cm³/mol. The van der Waals surface area contributed by atoms with E-state index < -0.39 is 4.92 Å². The molecular weight excluding hydrogens is 288 g/mol. The summed E-state index contributed by atoms with van der Waals surface area (Å²) < 4.78 is 5.37. The monoisotopic (exact) mass is 302 g/mol. The number of nitro benzene ring substituents is 1. The Labute approximate surface area is 125 Å². The first kappa shape index (κ1) is 14.1. The van der Waals surface area contributed by atoms with Crippen LogP contribution in [-0.2, 0) is 0 Å². The van der Waals surface area contributed by atoms with E-state index in [4.69, 9.17) is 4.42 Å². The van der Waals surface area contributed by atoms with Gasteiger partial charge in [0, 0.05) is 12.6 Å². The summed E-state index contributed by atoms with van der Waals surface area (Å²) in [7, 11) is 0. The van der Waals surface area contributed by atoms with E-state index in [1.165, 1.54) is 12.1 Å². The summed E-state index contributed by atoms with van der Waals surface area (Å²) >= 11 is 0. The third kappa shape index (κ3) is 2.41. The molecule has 1 aliphatic rings. The smallest absolute Gasteiger partial charge is 0.273 e. The lowest BCUT2D eigenvalue weighted by Crippen LogP contribution is -2.30. The molecule has 0 aliphatic carbocycles. The Bertz CT molecular complexity index is 711. The SMILES string of the molecule is O=C(c1ccc([N+](=O)[O-])cc1O)N1CCC[C@H]1c1ccco1. The van der Waals surface area contributed by atoms with Crippen molar-refractivity contribution in [2.24, 2.45) is 0 Å². The fraction of sp³-hybridized carbons (Fsp3) is 0.267. The number of furan rings is 1. The van der Waals surface area contributed by atoms with E-state index in [0.717, 1.165) is 18.9 Å². The van der Waals surface area contributed by atoms with Crippen molar-refractivity contribution in [3.8, 4) is 5.75 Å². The Morgan fingerprint density at radius 1 is 1.41 bits per heavy atom. The number of nitro groups is 1. The maximum atomic E-state index is 12.6. The van der Waals surface area contributed by atoms with E-state index in [1.54, 1.807) is 17.2 Å². The van der Waals surface area contributed by atoms with Gasteiger partial charge < -0.3 is 14.4 Å². The van der Waals surface area contributed by atoms with E-state index in [2.05, 4.69) is 0 Å². The van der Waals surface area contributed by atoms with Crippen LogP contribution >= 0.6 is 0 Å².